The molecule has 0 spiro atoms. The van der Waals surface area contributed by atoms with Crippen molar-refractivity contribution in [3.63, 3.8) is 0 Å². The summed E-state index contributed by atoms with van der Waals surface area (Å²) in [5.74, 6) is 1.30. The summed E-state index contributed by atoms with van der Waals surface area (Å²) in [5, 5.41) is 4.01. The Kier molecular flexibility index (Phi) is 4.26. The van der Waals surface area contributed by atoms with E-state index in [4.69, 9.17) is 9.26 Å². The van der Waals surface area contributed by atoms with E-state index in [1.807, 2.05) is 18.0 Å². The van der Waals surface area contributed by atoms with Gasteiger partial charge in [-0.05, 0) is 19.5 Å². The minimum atomic E-state index is -0.196. The van der Waals surface area contributed by atoms with Crippen molar-refractivity contribution in [3.8, 4) is 0 Å². The van der Waals surface area contributed by atoms with E-state index in [9.17, 15) is 4.39 Å². The number of benzene rings is 1. The largest absolute Gasteiger partial charge is 0.381 e. The second-order valence-electron chi connectivity index (χ2n) is 5.37. The van der Waals surface area contributed by atoms with Crippen molar-refractivity contribution in [2.45, 2.75) is 25.4 Å². The predicted molar refractivity (Wildman–Crippen MR) is 74.0 cm³/mol. The SMILES string of the molecule is CN(Cc1nc(C2CCOC2)no1)Cc1ccccc1F. The zero-order valence-electron chi connectivity index (χ0n) is 12.0. The Morgan fingerprint density at radius 2 is 2.19 bits per heavy atom. The lowest BCUT2D eigenvalue weighted by Gasteiger charge is -2.14. The number of aromatic nitrogens is 2. The highest BCUT2D eigenvalue weighted by Gasteiger charge is 2.23. The monoisotopic (exact) mass is 291 g/mol. The average molecular weight is 291 g/mol. The van der Waals surface area contributed by atoms with Gasteiger partial charge in [0.1, 0.15) is 5.82 Å². The molecule has 5 nitrogen and oxygen atoms in total. The fraction of sp³-hybridized carbons (Fsp3) is 0.467. The molecular weight excluding hydrogens is 273 g/mol. The molecule has 0 bridgehead atoms. The van der Waals surface area contributed by atoms with Crippen LogP contribution >= 0.6 is 0 Å². The zero-order valence-corrected chi connectivity index (χ0v) is 12.0. The molecule has 0 radical (unpaired) electrons. The van der Waals surface area contributed by atoms with Crippen molar-refractivity contribution in [1.29, 1.82) is 0 Å². The number of nitrogens with zero attached hydrogens (tertiary/aromatic N) is 3. The van der Waals surface area contributed by atoms with Crippen LogP contribution in [-0.2, 0) is 17.8 Å². The second kappa shape index (κ2) is 6.32. The van der Waals surface area contributed by atoms with Gasteiger partial charge in [0.05, 0.1) is 13.2 Å². The number of hydrogen-bond donors (Lipinski definition) is 0. The quantitative estimate of drug-likeness (QED) is 0.846. The normalized spacial score (nSPS) is 18.5. The third-order valence-corrected chi connectivity index (χ3v) is 3.58. The Balaban J connectivity index is 1.60. The molecule has 1 aliphatic heterocycles. The number of hydrogen-bond acceptors (Lipinski definition) is 5. The second-order valence-corrected chi connectivity index (χ2v) is 5.37. The van der Waals surface area contributed by atoms with Gasteiger partial charge in [-0.3, -0.25) is 4.90 Å². The highest BCUT2D eigenvalue weighted by Crippen LogP contribution is 2.22. The molecule has 1 aliphatic rings. The maximum absolute atomic E-state index is 13.6. The molecule has 21 heavy (non-hydrogen) atoms. The van der Waals surface area contributed by atoms with E-state index in [-0.39, 0.29) is 11.7 Å². The summed E-state index contributed by atoms with van der Waals surface area (Å²) in [6.07, 6.45) is 0.935. The minimum absolute atomic E-state index is 0.196. The van der Waals surface area contributed by atoms with Gasteiger partial charge in [0.2, 0.25) is 5.89 Å². The van der Waals surface area contributed by atoms with E-state index < -0.39 is 0 Å². The van der Waals surface area contributed by atoms with Gasteiger partial charge >= 0.3 is 0 Å². The van der Waals surface area contributed by atoms with Crippen LogP contribution in [0.15, 0.2) is 28.8 Å². The summed E-state index contributed by atoms with van der Waals surface area (Å²) in [7, 11) is 1.90. The lowest BCUT2D eigenvalue weighted by atomic mass is 10.1. The van der Waals surface area contributed by atoms with Gasteiger partial charge in [0.25, 0.3) is 0 Å². The third-order valence-electron chi connectivity index (χ3n) is 3.58. The predicted octanol–water partition coefficient (Wildman–Crippen LogP) is 2.34. The molecule has 1 saturated heterocycles. The lowest BCUT2D eigenvalue weighted by molar-refractivity contribution is 0.192. The van der Waals surface area contributed by atoms with Gasteiger partial charge in [0.15, 0.2) is 5.82 Å². The summed E-state index contributed by atoms with van der Waals surface area (Å²) in [6, 6.07) is 6.76. The van der Waals surface area contributed by atoms with Crippen LogP contribution < -0.4 is 0 Å². The molecule has 1 unspecified atom stereocenters. The first kappa shape index (κ1) is 14.2. The van der Waals surface area contributed by atoms with E-state index in [1.54, 1.807) is 12.1 Å². The molecular formula is C15H18FN3O2. The van der Waals surface area contributed by atoms with Crippen LogP contribution in [0.4, 0.5) is 4.39 Å². The topological polar surface area (TPSA) is 51.4 Å². The van der Waals surface area contributed by atoms with E-state index >= 15 is 0 Å². The molecule has 1 aromatic carbocycles. The van der Waals surface area contributed by atoms with Gasteiger partial charge < -0.3 is 9.26 Å². The van der Waals surface area contributed by atoms with E-state index in [0.717, 1.165) is 13.0 Å². The summed E-state index contributed by atoms with van der Waals surface area (Å²) in [6.45, 7) is 2.40. The maximum Gasteiger partial charge on any atom is 0.240 e. The van der Waals surface area contributed by atoms with Crippen molar-refractivity contribution < 1.29 is 13.7 Å². The van der Waals surface area contributed by atoms with Gasteiger partial charge in [-0.2, -0.15) is 4.98 Å². The molecule has 1 fully saturated rings. The Morgan fingerprint density at radius 3 is 2.95 bits per heavy atom. The van der Waals surface area contributed by atoms with Crippen LogP contribution in [-0.4, -0.2) is 35.3 Å². The Morgan fingerprint density at radius 1 is 1.33 bits per heavy atom. The van der Waals surface area contributed by atoms with Crippen LogP contribution in [0.3, 0.4) is 0 Å². The lowest BCUT2D eigenvalue weighted by Crippen LogP contribution is -2.18. The minimum Gasteiger partial charge on any atom is -0.381 e. The van der Waals surface area contributed by atoms with Crippen LogP contribution in [0.5, 0.6) is 0 Å². The van der Waals surface area contributed by atoms with Crippen molar-refractivity contribution >= 4 is 0 Å². The molecule has 1 aromatic heterocycles. The smallest absolute Gasteiger partial charge is 0.240 e. The molecule has 0 N–H and O–H groups in total. The van der Waals surface area contributed by atoms with Crippen molar-refractivity contribution in [2.75, 3.05) is 20.3 Å². The van der Waals surface area contributed by atoms with Crippen LogP contribution in [0, 0.1) is 5.82 Å². The number of ether oxygens (including phenoxy) is 1. The van der Waals surface area contributed by atoms with Crippen molar-refractivity contribution in [2.24, 2.45) is 0 Å². The summed E-state index contributed by atoms with van der Waals surface area (Å²) < 4.78 is 24.2. The van der Waals surface area contributed by atoms with Gasteiger partial charge in [0, 0.05) is 24.6 Å². The first-order valence-corrected chi connectivity index (χ1v) is 7.04. The van der Waals surface area contributed by atoms with E-state index in [0.29, 0.717) is 37.0 Å². The first-order valence-electron chi connectivity index (χ1n) is 7.04. The fourth-order valence-electron chi connectivity index (χ4n) is 2.44. The van der Waals surface area contributed by atoms with Crippen LogP contribution in [0.25, 0.3) is 0 Å². The van der Waals surface area contributed by atoms with Crippen LogP contribution in [0.1, 0.15) is 29.6 Å². The number of halogens is 1. The summed E-state index contributed by atoms with van der Waals surface area (Å²) in [4.78, 5) is 6.35. The fourth-order valence-corrected chi connectivity index (χ4v) is 2.44. The molecule has 1 atom stereocenters. The zero-order chi connectivity index (χ0) is 14.7. The Hall–Kier alpha value is -1.79. The van der Waals surface area contributed by atoms with Crippen molar-refractivity contribution in [1.82, 2.24) is 15.0 Å². The third kappa shape index (κ3) is 3.46. The Labute approximate surface area is 122 Å². The van der Waals surface area contributed by atoms with Gasteiger partial charge in [-0.25, -0.2) is 4.39 Å². The maximum atomic E-state index is 13.6. The molecule has 0 aliphatic carbocycles. The molecule has 2 aromatic rings. The summed E-state index contributed by atoms with van der Waals surface area (Å²) >= 11 is 0. The molecule has 0 saturated carbocycles. The van der Waals surface area contributed by atoms with E-state index in [2.05, 4.69) is 10.1 Å². The Bertz CT molecular complexity index is 596. The van der Waals surface area contributed by atoms with Gasteiger partial charge in [-0.1, -0.05) is 23.4 Å². The molecule has 6 heteroatoms. The molecule has 112 valence electrons. The highest BCUT2D eigenvalue weighted by molar-refractivity contribution is 5.17. The molecule has 0 amide bonds. The standard InChI is InChI=1S/C15H18FN3O2/c1-19(8-11-4-2-3-5-13(11)16)9-14-17-15(18-21-14)12-6-7-20-10-12/h2-5,12H,6-10H2,1H3. The van der Waals surface area contributed by atoms with Gasteiger partial charge in [-0.15, -0.1) is 0 Å². The molecule has 3 rings (SSSR count). The molecule has 2 heterocycles. The van der Waals surface area contributed by atoms with Crippen LogP contribution in [0.2, 0.25) is 0 Å². The van der Waals surface area contributed by atoms with E-state index in [1.165, 1.54) is 6.07 Å². The first-order chi connectivity index (χ1) is 10.2. The van der Waals surface area contributed by atoms with Crippen molar-refractivity contribution in [3.05, 3.63) is 47.4 Å². The highest BCUT2D eigenvalue weighted by atomic mass is 19.1. The number of rotatable bonds is 5. The summed E-state index contributed by atoms with van der Waals surface area (Å²) in [5.41, 5.74) is 0.656. The average Bonchev–Trinajstić information content (AvgIpc) is 3.12.